The van der Waals surface area contributed by atoms with Gasteiger partial charge < -0.3 is 4.74 Å². The molecule has 0 atom stereocenters. The van der Waals surface area contributed by atoms with Crippen molar-refractivity contribution in [2.24, 2.45) is 0 Å². The quantitative estimate of drug-likeness (QED) is 0.223. The Bertz CT molecular complexity index is 201. The van der Waals surface area contributed by atoms with Crippen molar-refractivity contribution in [2.75, 3.05) is 11.4 Å². The molecule has 0 rings (SSSR count). The van der Waals surface area contributed by atoms with Gasteiger partial charge in [0.05, 0.1) is 0 Å². The molecule has 0 bridgehead atoms. The van der Waals surface area contributed by atoms with E-state index in [1.54, 1.807) is 0 Å². The minimum absolute atomic E-state index is 0.0194. The Hall–Kier alpha value is 0.240. The third kappa shape index (κ3) is 16.2. The highest BCUT2D eigenvalue weighted by Gasteiger charge is 2.00. The second kappa shape index (κ2) is 16.3. The van der Waals surface area contributed by atoms with Gasteiger partial charge in [-0.3, -0.25) is 4.79 Å². The SMILES string of the molecule is O=C(CCCCCCCCCCCCCBr)OCCl. The van der Waals surface area contributed by atoms with Gasteiger partial charge >= 0.3 is 5.97 Å². The van der Waals surface area contributed by atoms with Gasteiger partial charge in [-0.15, -0.1) is 0 Å². The zero-order valence-electron chi connectivity index (χ0n) is 12.0. The van der Waals surface area contributed by atoms with Gasteiger partial charge in [-0.25, -0.2) is 0 Å². The van der Waals surface area contributed by atoms with Crippen LogP contribution < -0.4 is 0 Å². The number of unbranched alkanes of at least 4 members (excludes halogenated alkanes) is 10. The molecule has 0 aliphatic heterocycles. The summed E-state index contributed by atoms with van der Waals surface area (Å²) in [6.45, 7) is 0. The molecule has 0 N–H and O–H groups in total. The summed E-state index contributed by atoms with van der Waals surface area (Å²) in [5.41, 5.74) is 0. The predicted octanol–water partition coefficient (Wildman–Crippen LogP) is 5.80. The molecule has 0 radical (unpaired) electrons. The molecule has 2 nitrogen and oxygen atoms in total. The average molecular weight is 356 g/mol. The van der Waals surface area contributed by atoms with E-state index < -0.39 is 0 Å². The molecule has 0 saturated heterocycles. The molecule has 0 aromatic heterocycles. The topological polar surface area (TPSA) is 26.3 Å². The molecular formula is C15H28BrClO2. The summed E-state index contributed by atoms with van der Waals surface area (Å²) in [7, 11) is 0. The highest BCUT2D eigenvalue weighted by atomic mass is 79.9. The van der Waals surface area contributed by atoms with Gasteiger partial charge in [-0.05, 0) is 12.8 Å². The summed E-state index contributed by atoms with van der Waals surface area (Å²) in [5, 5.41) is 1.14. The van der Waals surface area contributed by atoms with Gasteiger partial charge in [0.1, 0.15) is 0 Å². The minimum Gasteiger partial charge on any atom is -0.449 e. The van der Waals surface area contributed by atoms with Crippen molar-refractivity contribution in [3.05, 3.63) is 0 Å². The lowest BCUT2D eigenvalue weighted by Crippen LogP contribution is -2.01. The van der Waals surface area contributed by atoms with Crippen molar-refractivity contribution in [1.29, 1.82) is 0 Å². The van der Waals surface area contributed by atoms with E-state index in [4.69, 9.17) is 11.6 Å². The van der Waals surface area contributed by atoms with Gasteiger partial charge in [-0.1, -0.05) is 85.3 Å². The van der Waals surface area contributed by atoms with Crippen molar-refractivity contribution in [3.8, 4) is 0 Å². The van der Waals surface area contributed by atoms with E-state index in [0.717, 1.165) is 18.2 Å². The van der Waals surface area contributed by atoms with Crippen LogP contribution in [-0.2, 0) is 9.53 Å². The number of hydrogen-bond donors (Lipinski definition) is 0. The number of esters is 1. The molecule has 0 aliphatic rings. The monoisotopic (exact) mass is 354 g/mol. The Kier molecular flexibility index (Phi) is 16.5. The standard InChI is InChI=1S/C15H28BrClO2/c16-13-11-9-7-5-3-1-2-4-6-8-10-12-15(18)19-14-17/h1-14H2. The van der Waals surface area contributed by atoms with Crippen LogP contribution in [0, 0.1) is 0 Å². The number of alkyl halides is 2. The predicted molar refractivity (Wildman–Crippen MR) is 86.0 cm³/mol. The maximum absolute atomic E-state index is 11.0. The maximum atomic E-state index is 11.0. The van der Waals surface area contributed by atoms with Crippen molar-refractivity contribution in [2.45, 2.75) is 77.0 Å². The fraction of sp³-hybridized carbons (Fsp3) is 0.933. The van der Waals surface area contributed by atoms with Crippen LogP contribution in [0.3, 0.4) is 0 Å². The van der Waals surface area contributed by atoms with Gasteiger partial charge in [0.25, 0.3) is 0 Å². The zero-order valence-corrected chi connectivity index (χ0v) is 14.3. The van der Waals surface area contributed by atoms with Gasteiger partial charge in [0.15, 0.2) is 6.07 Å². The Balaban J connectivity index is 3.01. The molecule has 0 amide bonds. The zero-order chi connectivity index (χ0) is 14.2. The Labute approximate surface area is 131 Å². The second-order valence-electron chi connectivity index (χ2n) is 4.95. The van der Waals surface area contributed by atoms with Crippen molar-refractivity contribution in [3.63, 3.8) is 0 Å². The third-order valence-electron chi connectivity index (χ3n) is 3.23. The molecule has 0 fully saturated rings. The van der Waals surface area contributed by atoms with Gasteiger partial charge in [0, 0.05) is 11.8 Å². The first-order valence-electron chi connectivity index (χ1n) is 7.58. The molecule has 4 heteroatoms. The molecule has 114 valence electrons. The summed E-state index contributed by atoms with van der Waals surface area (Å²) in [6, 6.07) is -0.0194. The van der Waals surface area contributed by atoms with E-state index in [-0.39, 0.29) is 12.0 Å². The Morgan fingerprint density at radius 2 is 1.21 bits per heavy atom. The second-order valence-corrected chi connectivity index (χ2v) is 5.96. The summed E-state index contributed by atoms with van der Waals surface area (Å²) >= 11 is 8.76. The van der Waals surface area contributed by atoms with Crippen LogP contribution in [0.4, 0.5) is 0 Å². The largest absolute Gasteiger partial charge is 0.449 e. The lowest BCUT2D eigenvalue weighted by atomic mass is 10.1. The van der Waals surface area contributed by atoms with Gasteiger partial charge in [-0.2, -0.15) is 0 Å². The average Bonchev–Trinajstić information content (AvgIpc) is 2.40. The van der Waals surface area contributed by atoms with E-state index >= 15 is 0 Å². The highest BCUT2D eigenvalue weighted by Crippen LogP contribution is 2.12. The van der Waals surface area contributed by atoms with Crippen LogP contribution in [-0.4, -0.2) is 17.4 Å². The number of hydrogen-bond acceptors (Lipinski definition) is 2. The molecular weight excluding hydrogens is 328 g/mol. The normalized spacial score (nSPS) is 10.6. The summed E-state index contributed by atoms with van der Waals surface area (Å²) in [4.78, 5) is 11.0. The highest BCUT2D eigenvalue weighted by molar-refractivity contribution is 9.09. The number of ether oxygens (including phenoxy) is 1. The lowest BCUT2D eigenvalue weighted by Gasteiger charge is -2.03. The number of carbonyl (C=O) groups excluding carboxylic acids is 1. The molecule has 0 aromatic rings. The lowest BCUT2D eigenvalue weighted by molar-refractivity contribution is -0.141. The first-order chi connectivity index (χ1) is 9.31. The van der Waals surface area contributed by atoms with E-state index in [0.29, 0.717) is 6.42 Å². The van der Waals surface area contributed by atoms with Crippen molar-refractivity contribution in [1.82, 2.24) is 0 Å². The van der Waals surface area contributed by atoms with E-state index in [1.165, 1.54) is 57.8 Å². The first-order valence-corrected chi connectivity index (χ1v) is 9.24. The smallest absolute Gasteiger partial charge is 0.306 e. The first kappa shape index (κ1) is 19.2. The number of rotatable bonds is 14. The molecule has 0 heterocycles. The fourth-order valence-electron chi connectivity index (χ4n) is 2.09. The molecule has 0 aliphatic carbocycles. The number of halogens is 2. The molecule has 19 heavy (non-hydrogen) atoms. The van der Waals surface area contributed by atoms with E-state index in [9.17, 15) is 4.79 Å². The molecule has 0 saturated carbocycles. The van der Waals surface area contributed by atoms with Crippen molar-refractivity contribution < 1.29 is 9.53 Å². The fourth-order valence-corrected chi connectivity index (χ4v) is 2.61. The number of carbonyl (C=O) groups is 1. The summed E-state index contributed by atoms with van der Waals surface area (Å²) < 4.78 is 4.67. The van der Waals surface area contributed by atoms with Crippen LogP contribution in [0.25, 0.3) is 0 Å². The van der Waals surface area contributed by atoms with E-state index in [2.05, 4.69) is 20.7 Å². The van der Waals surface area contributed by atoms with Crippen LogP contribution >= 0.6 is 27.5 Å². The Morgan fingerprint density at radius 3 is 1.63 bits per heavy atom. The molecule has 0 unspecified atom stereocenters. The summed E-state index contributed by atoms with van der Waals surface area (Å²) in [5.74, 6) is -0.168. The van der Waals surface area contributed by atoms with E-state index in [1.807, 2.05) is 0 Å². The molecule has 0 spiro atoms. The van der Waals surface area contributed by atoms with Crippen LogP contribution in [0.15, 0.2) is 0 Å². The minimum atomic E-state index is -0.168. The third-order valence-corrected chi connectivity index (χ3v) is 3.90. The van der Waals surface area contributed by atoms with Crippen LogP contribution in [0.1, 0.15) is 77.0 Å². The van der Waals surface area contributed by atoms with Crippen LogP contribution in [0.2, 0.25) is 0 Å². The van der Waals surface area contributed by atoms with Crippen LogP contribution in [0.5, 0.6) is 0 Å². The Morgan fingerprint density at radius 1 is 0.789 bits per heavy atom. The molecule has 0 aromatic carbocycles. The maximum Gasteiger partial charge on any atom is 0.306 e. The van der Waals surface area contributed by atoms with Crippen molar-refractivity contribution >= 4 is 33.5 Å². The van der Waals surface area contributed by atoms with Gasteiger partial charge in [0.2, 0.25) is 0 Å². The summed E-state index contributed by atoms with van der Waals surface area (Å²) in [6.07, 6.45) is 14.6.